The Bertz CT molecular complexity index is 1790. The van der Waals surface area contributed by atoms with Crippen molar-refractivity contribution in [2.75, 3.05) is 26.2 Å². The number of primary amides is 1. The summed E-state index contributed by atoms with van der Waals surface area (Å²) in [5.41, 5.74) is 22.0. The van der Waals surface area contributed by atoms with Gasteiger partial charge in [0.05, 0.1) is 38.1 Å². The molecule has 9 amide bonds. The highest BCUT2D eigenvalue weighted by molar-refractivity contribution is 5.98. The van der Waals surface area contributed by atoms with Crippen LogP contribution in [-0.2, 0) is 57.5 Å². The van der Waals surface area contributed by atoms with Crippen molar-refractivity contribution in [2.24, 2.45) is 28.9 Å². The SMILES string of the molecule is CC(C)C[C@H](NC(=O)[C@H](CCC(N)=O)NC(=O)[C@H](CCCCN)NC(=O)[C@H](CCCCN)NC(=O)[C@H](CC(=O)O)NC(=O)[C@H](CO)NC(=O)CNC(=O)[C@@H](NC(=O)[C@@H](N)CC(=O)O)[C@@H](C)O)C(=O)O. The molecule has 9 atom stereocenters. The van der Waals surface area contributed by atoms with Gasteiger partial charge >= 0.3 is 17.9 Å². The number of rotatable bonds is 36. The number of aliphatic carboxylic acids is 3. The second-order valence-electron chi connectivity index (χ2n) is 16.4. The highest BCUT2D eigenvalue weighted by Crippen LogP contribution is 2.10. The van der Waals surface area contributed by atoms with Crippen molar-refractivity contribution in [3.8, 4) is 0 Å². The van der Waals surface area contributed by atoms with Gasteiger partial charge in [-0.05, 0) is 77.3 Å². The first kappa shape index (κ1) is 62.4. The summed E-state index contributed by atoms with van der Waals surface area (Å²) in [7, 11) is 0. The molecule has 0 spiro atoms. The third-order valence-electron chi connectivity index (χ3n) is 9.86. The van der Waals surface area contributed by atoms with Crippen molar-refractivity contribution in [1.82, 2.24) is 42.5 Å². The fraction of sp³-hybridized carbons (Fsp3) is 0.700. The lowest BCUT2D eigenvalue weighted by Crippen LogP contribution is -2.60. The molecule has 0 aliphatic carbocycles. The molecule has 0 unspecified atom stereocenters. The predicted molar refractivity (Wildman–Crippen MR) is 239 cm³/mol. The van der Waals surface area contributed by atoms with E-state index in [1.807, 2.05) is 10.6 Å². The van der Waals surface area contributed by atoms with Gasteiger partial charge in [-0.25, -0.2) is 4.79 Å². The lowest BCUT2D eigenvalue weighted by molar-refractivity contribution is -0.143. The van der Waals surface area contributed by atoms with Crippen LogP contribution in [0.25, 0.3) is 0 Å². The number of aliphatic hydroxyl groups is 2. The van der Waals surface area contributed by atoms with Crippen LogP contribution in [0, 0.1) is 5.92 Å². The molecule has 392 valence electrons. The van der Waals surface area contributed by atoms with Crippen LogP contribution >= 0.6 is 0 Å². The molecular weight excluding hydrogens is 921 g/mol. The van der Waals surface area contributed by atoms with Gasteiger partial charge in [-0.2, -0.15) is 0 Å². The van der Waals surface area contributed by atoms with Crippen molar-refractivity contribution >= 4 is 71.1 Å². The van der Waals surface area contributed by atoms with E-state index in [4.69, 9.17) is 28.0 Å². The molecule has 0 fully saturated rings. The number of amides is 9. The van der Waals surface area contributed by atoms with E-state index in [-0.39, 0.29) is 57.5 Å². The fourth-order valence-corrected chi connectivity index (χ4v) is 6.18. The summed E-state index contributed by atoms with van der Waals surface area (Å²) in [5, 5.41) is 65.9. The van der Waals surface area contributed by atoms with Crippen LogP contribution < -0.4 is 65.5 Å². The average molecular weight is 991 g/mol. The molecule has 0 saturated carbocycles. The molecule has 21 N–H and O–H groups in total. The van der Waals surface area contributed by atoms with Crippen molar-refractivity contribution in [2.45, 2.75) is 146 Å². The minimum atomic E-state index is -1.97. The maximum Gasteiger partial charge on any atom is 0.326 e. The number of nitrogens with two attached hydrogens (primary N) is 4. The molecular formula is C40H70N12O17. The quantitative estimate of drug-likeness (QED) is 0.0259. The number of hydrogen-bond donors (Lipinski definition) is 17. The number of carbonyl (C=O) groups excluding carboxylic acids is 9. The maximum atomic E-state index is 13.9. The van der Waals surface area contributed by atoms with Crippen LogP contribution in [0.4, 0.5) is 0 Å². The Morgan fingerprint density at radius 2 is 0.957 bits per heavy atom. The zero-order valence-electron chi connectivity index (χ0n) is 38.8. The summed E-state index contributed by atoms with van der Waals surface area (Å²) >= 11 is 0. The predicted octanol–water partition coefficient (Wildman–Crippen LogP) is -7.20. The van der Waals surface area contributed by atoms with Gasteiger partial charge in [0, 0.05) is 6.42 Å². The molecule has 0 aromatic carbocycles. The number of hydrogen-bond acceptors (Lipinski definition) is 17. The Labute approximate surface area is 397 Å². The molecule has 0 radical (unpaired) electrons. The van der Waals surface area contributed by atoms with Crippen LogP contribution in [0.2, 0.25) is 0 Å². The van der Waals surface area contributed by atoms with Gasteiger partial charge in [0.1, 0.15) is 42.3 Å². The van der Waals surface area contributed by atoms with Crippen LogP contribution in [0.5, 0.6) is 0 Å². The largest absolute Gasteiger partial charge is 0.481 e. The van der Waals surface area contributed by atoms with E-state index in [1.54, 1.807) is 13.8 Å². The summed E-state index contributed by atoms with van der Waals surface area (Å²) in [4.78, 5) is 152. The fourth-order valence-electron chi connectivity index (χ4n) is 6.18. The summed E-state index contributed by atoms with van der Waals surface area (Å²) in [6.07, 6.45) is -3.30. The third kappa shape index (κ3) is 26.0. The highest BCUT2D eigenvalue weighted by Gasteiger charge is 2.35. The summed E-state index contributed by atoms with van der Waals surface area (Å²) in [5.74, 6) is -14.3. The molecule has 0 aromatic heterocycles. The second kappa shape index (κ2) is 33.0. The molecule has 0 bridgehead atoms. The lowest BCUT2D eigenvalue weighted by atomic mass is 10.0. The number of unbranched alkanes of at least 4 members (excludes halogenated alkanes) is 2. The first-order valence-electron chi connectivity index (χ1n) is 22.1. The van der Waals surface area contributed by atoms with Crippen LogP contribution in [0.1, 0.15) is 91.4 Å². The number of nitrogens with one attached hydrogen (secondary N) is 8. The van der Waals surface area contributed by atoms with E-state index in [0.29, 0.717) is 12.8 Å². The molecule has 0 aliphatic heterocycles. The Kier molecular flexibility index (Phi) is 29.9. The van der Waals surface area contributed by atoms with Gasteiger partial charge in [-0.15, -0.1) is 0 Å². The Balaban J connectivity index is 6.31. The molecule has 29 heteroatoms. The minimum absolute atomic E-state index is 0.0258. The van der Waals surface area contributed by atoms with Crippen molar-refractivity contribution in [3.05, 3.63) is 0 Å². The standard InChI is InChI=1S/C40H70N12O17/c1-19(2)14-26(40(68)69)51-36(64)24(10-11-28(44)55)49-35(63)22(8-4-6-12-41)47-34(62)23(9-5-7-13-42)48-37(65)25(16-31(59)60)50-38(66)27(18-53)46-29(56)17-45-39(67)32(20(3)54)52-33(61)21(43)15-30(57)58/h19-27,32,53-54H,4-18,41-43H2,1-3H3,(H2,44,55)(H,45,67)(H,46,56)(H,47,62)(H,48,65)(H,49,63)(H,50,66)(H,51,64)(H,52,61)(H,57,58)(H,59,60)(H,68,69)/t20-,21+,22+,23+,24+,25+,26+,27+,32+/m1/s1. The first-order chi connectivity index (χ1) is 32.3. The molecule has 0 saturated heterocycles. The maximum absolute atomic E-state index is 13.9. The highest BCUT2D eigenvalue weighted by atomic mass is 16.4. The van der Waals surface area contributed by atoms with E-state index in [0.717, 1.165) is 6.92 Å². The summed E-state index contributed by atoms with van der Waals surface area (Å²) in [6.45, 7) is 2.79. The molecule has 0 aliphatic rings. The molecule has 29 nitrogen and oxygen atoms in total. The Hall–Kier alpha value is -6.56. The van der Waals surface area contributed by atoms with E-state index in [2.05, 4.69) is 31.9 Å². The second-order valence-corrected chi connectivity index (χ2v) is 16.4. The average Bonchev–Trinajstić information content (AvgIpc) is 3.25. The number of aliphatic hydroxyl groups excluding tert-OH is 2. The van der Waals surface area contributed by atoms with Crippen molar-refractivity contribution in [3.63, 3.8) is 0 Å². The molecule has 0 rings (SSSR count). The minimum Gasteiger partial charge on any atom is -0.481 e. The topological polar surface area (TPSA) is 506 Å². The monoisotopic (exact) mass is 990 g/mol. The number of carboxylic acids is 3. The molecule has 0 aromatic rings. The smallest absolute Gasteiger partial charge is 0.326 e. The van der Waals surface area contributed by atoms with Gasteiger partial charge in [0.15, 0.2) is 0 Å². The summed E-state index contributed by atoms with van der Waals surface area (Å²) in [6, 6.07) is -13.0. The third-order valence-corrected chi connectivity index (χ3v) is 9.86. The van der Waals surface area contributed by atoms with Crippen LogP contribution in [-0.4, -0.2) is 177 Å². The van der Waals surface area contributed by atoms with E-state index in [9.17, 15) is 78.0 Å². The first-order valence-corrected chi connectivity index (χ1v) is 22.1. The van der Waals surface area contributed by atoms with Crippen LogP contribution in [0.3, 0.4) is 0 Å². The van der Waals surface area contributed by atoms with Gasteiger partial charge in [-0.1, -0.05) is 13.8 Å². The Morgan fingerprint density at radius 1 is 0.522 bits per heavy atom. The van der Waals surface area contributed by atoms with Gasteiger partial charge in [-0.3, -0.25) is 52.7 Å². The Morgan fingerprint density at radius 3 is 1.36 bits per heavy atom. The van der Waals surface area contributed by atoms with E-state index < -0.39 is 158 Å². The number of carbonyl (C=O) groups is 12. The van der Waals surface area contributed by atoms with Gasteiger partial charge in [0.25, 0.3) is 0 Å². The van der Waals surface area contributed by atoms with Crippen molar-refractivity contribution in [1.29, 1.82) is 0 Å². The zero-order chi connectivity index (χ0) is 53.0. The van der Waals surface area contributed by atoms with Gasteiger partial charge < -0.3 is 91.0 Å². The number of carboxylic acid groups (broad SMARTS) is 3. The van der Waals surface area contributed by atoms with E-state index in [1.165, 1.54) is 0 Å². The van der Waals surface area contributed by atoms with E-state index >= 15 is 0 Å². The molecule has 69 heavy (non-hydrogen) atoms. The zero-order valence-corrected chi connectivity index (χ0v) is 38.8. The lowest BCUT2D eigenvalue weighted by Gasteiger charge is -2.27. The summed E-state index contributed by atoms with van der Waals surface area (Å²) < 4.78 is 0. The van der Waals surface area contributed by atoms with Crippen LogP contribution in [0.15, 0.2) is 0 Å². The molecule has 0 heterocycles. The van der Waals surface area contributed by atoms with Gasteiger partial charge in [0.2, 0.25) is 53.2 Å². The normalized spacial score (nSPS) is 14.9. The van der Waals surface area contributed by atoms with Crippen molar-refractivity contribution < 1.29 is 83.1 Å².